The van der Waals surface area contributed by atoms with Gasteiger partial charge < -0.3 is 10.1 Å². The minimum Gasteiger partial charge on any atom is -0.381 e. The predicted molar refractivity (Wildman–Crippen MR) is 60.5 cm³/mol. The minimum atomic E-state index is -1.18. The molecule has 2 rings (SSSR count). The molecule has 1 aromatic rings. The summed E-state index contributed by atoms with van der Waals surface area (Å²) in [5.41, 5.74) is -0.852. The molecule has 0 atom stereocenters. The van der Waals surface area contributed by atoms with Crippen LogP contribution >= 0.6 is 0 Å². The first-order valence-electron chi connectivity index (χ1n) is 5.44. The average molecular weight is 258 g/mol. The van der Waals surface area contributed by atoms with Gasteiger partial charge >= 0.3 is 5.69 Å². The van der Waals surface area contributed by atoms with Crippen molar-refractivity contribution in [2.24, 2.45) is 0 Å². The fraction of sp³-hybridized carbons (Fsp3) is 0.455. The van der Waals surface area contributed by atoms with Crippen LogP contribution in [0, 0.1) is 21.7 Å². The summed E-state index contributed by atoms with van der Waals surface area (Å²) in [6, 6.07) is 1.37. The Bertz CT molecular complexity index is 476. The number of nitrogens with zero attached hydrogens (tertiary/aromatic N) is 1. The minimum absolute atomic E-state index is 0.0603. The number of ether oxygens (including phenoxy) is 1. The van der Waals surface area contributed by atoms with E-state index >= 15 is 0 Å². The quantitative estimate of drug-likeness (QED) is 0.665. The lowest BCUT2D eigenvalue weighted by molar-refractivity contribution is -0.386. The van der Waals surface area contributed by atoms with Crippen molar-refractivity contribution in [1.29, 1.82) is 0 Å². The summed E-state index contributed by atoms with van der Waals surface area (Å²) in [7, 11) is 1.57. The molecule has 7 heteroatoms. The largest absolute Gasteiger partial charge is 0.381 e. The highest BCUT2D eigenvalue weighted by Gasteiger charge is 2.31. The van der Waals surface area contributed by atoms with Crippen molar-refractivity contribution in [3.63, 3.8) is 0 Å². The fourth-order valence-electron chi connectivity index (χ4n) is 1.96. The first-order chi connectivity index (χ1) is 8.51. The van der Waals surface area contributed by atoms with Crippen molar-refractivity contribution in [3.05, 3.63) is 33.9 Å². The Balaban J connectivity index is 2.19. The first-order valence-corrected chi connectivity index (χ1v) is 5.44. The molecule has 1 saturated carbocycles. The Labute approximate surface area is 102 Å². The van der Waals surface area contributed by atoms with Crippen molar-refractivity contribution < 1.29 is 18.4 Å². The van der Waals surface area contributed by atoms with E-state index in [1.54, 1.807) is 7.11 Å². The first kappa shape index (κ1) is 12.7. The molecule has 0 saturated heterocycles. The van der Waals surface area contributed by atoms with E-state index in [1.165, 1.54) is 0 Å². The number of hydrogen-bond donors (Lipinski definition) is 1. The van der Waals surface area contributed by atoms with E-state index in [4.69, 9.17) is 4.74 Å². The lowest BCUT2D eigenvalue weighted by Crippen LogP contribution is -2.40. The van der Waals surface area contributed by atoms with Crippen LogP contribution in [0.1, 0.15) is 12.8 Å². The maximum atomic E-state index is 13.3. The molecule has 1 N–H and O–H groups in total. The molecule has 0 spiro atoms. The monoisotopic (exact) mass is 258 g/mol. The third-order valence-corrected chi connectivity index (χ3v) is 3.00. The summed E-state index contributed by atoms with van der Waals surface area (Å²) in [4.78, 5) is 9.88. The standard InChI is InChI=1S/C11H12F2N2O3/c1-18-8-4-7(5-8)14-10-3-6(12)2-9(13)11(10)15(16)17/h2-3,7-8,14H,4-5H2,1H3. The molecule has 0 aliphatic heterocycles. The maximum Gasteiger partial charge on any atom is 0.327 e. The normalized spacial score (nSPS) is 22.4. The number of anilines is 1. The lowest BCUT2D eigenvalue weighted by Gasteiger charge is -2.35. The molecule has 1 aliphatic carbocycles. The molecule has 0 aromatic heterocycles. The summed E-state index contributed by atoms with van der Waals surface area (Å²) in [6.45, 7) is 0. The highest BCUT2D eigenvalue weighted by atomic mass is 19.1. The second-order valence-corrected chi connectivity index (χ2v) is 4.21. The Morgan fingerprint density at radius 2 is 2.11 bits per heavy atom. The van der Waals surface area contributed by atoms with Gasteiger partial charge in [-0.2, -0.15) is 4.39 Å². The van der Waals surface area contributed by atoms with Crippen LogP contribution in [0.15, 0.2) is 12.1 Å². The van der Waals surface area contributed by atoms with Crippen LogP contribution in [-0.2, 0) is 4.74 Å². The zero-order valence-corrected chi connectivity index (χ0v) is 9.65. The third-order valence-electron chi connectivity index (χ3n) is 3.00. The van der Waals surface area contributed by atoms with Crippen molar-refractivity contribution in [3.8, 4) is 0 Å². The van der Waals surface area contributed by atoms with Crippen LogP contribution in [-0.4, -0.2) is 24.2 Å². The van der Waals surface area contributed by atoms with E-state index < -0.39 is 22.2 Å². The Morgan fingerprint density at radius 3 is 2.67 bits per heavy atom. The Morgan fingerprint density at radius 1 is 1.44 bits per heavy atom. The van der Waals surface area contributed by atoms with E-state index in [1.807, 2.05) is 0 Å². The van der Waals surface area contributed by atoms with Crippen LogP contribution < -0.4 is 5.32 Å². The van der Waals surface area contributed by atoms with Gasteiger partial charge in [0.05, 0.1) is 11.0 Å². The SMILES string of the molecule is COC1CC(Nc2cc(F)cc(F)c2[N+](=O)[O-])C1. The number of nitro benzene ring substituents is 1. The molecular formula is C11H12F2N2O3. The van der Waals surface area contributed by atoms with Crippen molar-refractivity contribution in [2.75, 3.05) is 12.4 Å². The van der Waals surface area contributed by atoms with E-state index in [0.29, 0.717) is 18.9 Å². The number of methoxy groups -OCH3 is 1. The summed E-state index contributed by atoms with van der Waals surface area (Å²) in [5, 5.41) is 13.5. The fourth-order valence-corrected chi connectivity index (χ4v) is 1.96. The van der Waals surface area contributed by atoms with Crippen LogP contribution in [0.2, 0.25) is 0 Å². The van der Waals surface area contributed by atoms with Crippen molar-refractivity contribution in [1.82, 2.24) is 0 Å². The van der Waals surface area contributed by atoms with Gasteiger partial charge in [-0.05, 0) is 12.8 Å². The van der Waals surface area contributed by atoms with Gasteiger partial charge in [-0.25, -0.2) is 4.39 Å². The van der Waals surface area contributed by atoms with E-state index in [0.717, 1.165) is 6.07 Å². The zero-order chi connectivity index (χ0) is 13.3. The molecule has 0 heterocycles. The van der Waals surface area contributed by atoms with Crippen molar-refractivity contribution in [2.45, 2.75) is 25.0 Å². The molecule has 0 radical (unpaired) electrons. The van der Waals surface area contributed by atoms with Gasteiger partial charge in [-0.15, -0.1) is 0 Å². The number of benzene rings is 1. The van der Waals surface area contributed by atoms with Crippen LogP contribution in [0.25, 0.3) is 0 Å². The number of halogens is 2. The van der Waals surface area contributed by atoms with Gasteiger partial charge in [0.15, 0.2) is 0 Å². The molecule has 0 bridgehead atoms. The smallest absolute Gasteiger partial charge is 0.327 e. The third kappa shape index (κ3) is 2.40. The topological polar surface area (TPSA) is 64.4 Å². The van der Waals surface area contributed by atoms with E-state index in [2.05, 4.69) is 5.32 Å². The molecule has 1 fully saturated rings. The lowest BCUT2D eigenvalue weighted by atomic mass is 9.89. The van der Waals surface area contributed by atoms with Crippen LogP contribution in [0.5, 0.6) is 0 Å². The molecular weight excluding hydrogens is 246 g/mol. The van der Waals surface area contributed by atoms with Gasteiger partial charge in [-0.1, -0.05) is 0 Å². The molecule has 0 unspecified atom stereocenters. The van der Waals surface area contributed by atoms with E-state index in [9.17, 15) is 18.9 Å². The van der Waals surface area contributed by atoms with E-state index in [-0.39, 0.29) is 17.8 Å². The highest BCUT2D eigenvalue weighted by molar-refractivity contribution is 5.63. The second kappa shape index (κ2) is 4.85. The summed E-state index contributed by atoms with van der Waals surface area (Å²) in [5.74, 6) is -2.02. The van der Waals surface area contributed by atoms with Crippen molar-refractivity contribution >= 4 is 11.4 Å². The maximum absolute atomic E-state index is 13.3. The predicted octanol–water partition coefficient (Wildman–Crippen LogP) is 2.46. The summed E-state index contributed by atoms with van der Waals surface area (Å²) in [6.07, 6.45) is 1.41. The molecule has 1 aliphatic rings. The average Bonchev–Trinajstić information content (AvgIpc) is 2.20. The zero-order valence-electron chi connectivity index (χ0n) is 9.65. The highest BCUT2D eigenvalue weighted by Crippen LogP contribution is 2.33. The number of nitrogens with one attached hydrogen (secondary N) is 1. The number of hydrogen-bond acceptors (Lipinski definition) is 4. The van der Waals surface area contributed by atoms with Crippen LogP contribution in [0.3, 0.4) is 0 Å². The van der Waals surface area contributed by atoms with Gasteiger partial charge in [0.25, 0.3) is 0 Å². The number of nitro groups is 1. The second-order valence-electron chi connectivity index (χ2n) is 4.21. The van der Waals surface area contributed by atoms with Gasteiger partial charge in [0.1, 0.15) is 11.5 Å². The number of rotatable bonds is 4. The van der Waals surface area contributed by atoms with Gasteiger partial charge in [-0.3, -0.25) is 10.1 Å². The Hall–Kier alpha value is -1.76. The molecule has 1 aromatic carbocycles. The summed E-state index contributed by atoms with van der Waals surface area (Å²) < 4.78 is 31.4. The van der Waals surface area contributed by atoms with Gasteiger partial charge in [0.2, 0.25) is 5.82 Å². The molecule has 0 amide bonds. The molecule has 98 valence electrons. The molecule has 5 nitrogen and oxygen atoms in total. The summed E-state index contributed by atoms with van der Waals surface area (Å²) >= 11 is 0. The van der Waals surface area contributed by atoms with Crippen LogP contribution in [0.4, 0.5) is 20.2 Å². The van der Waals surface area contributed by atoms with Gasteiger partial charge in [0, 0.05) is 25.3 Å². The Kier molecular flexibility index (Phi) is 3.42. The molecule has 18 heavy (non-hydrogen) atoms.